The Kier molecular flexibility index (Phi) is 6.95. The summed E-state index contributed by atoms with van der Waals surface area (Å²) >= 11 is 0. The molecule has 1 saturated heterocycles. The van der Waals surface area contributed by atoms with Crippen molar-refractivity contribution in [1.82, 2.24) is 15.1 Å². The van der Waals surface area contributed by atoms with Crippen molar-refractivity contribution < 1.29 is 9.59 Å². The number of nitrogens with zero attached hydrogens (tertiary/aromatic N) is 2. The molecule has 1 N–H and O–H groups in total. The van der Waals surface area contributed by atoms with E-state index in [4.69, 9.17) is 0 Å². The van der Waals surface area contributed by atoms with E-state index in [9.17, 15) is 9.59 Å². The highest BCUT2D eigenvalue weighted by molar-refractivity contribution is 5.88. The van der Waals surface area contributed by atoms with Crippen LogP contribution in [0, 0.1) is 5.92 Å². The molecule has 5 heteroatoms. The molecule has 2 aliphatic heterocycles. The third-order valence-corrected chi connectivity index (χ3v) is 6.85. The van der Waals surface area contributed by atoms with Crippen LogP contribution < -0.4 is 5.32 Å². The summed E-state index contributed by atoms with van der Waals surface area (Å²) in [5.41, 5.74) is 3.62. The van der Waals surface area contributed by atoms with Gasteiger partial charge in [0, 0.05) is 44.6 Å². The maximum atomic E-state index is 13.4. The molecule has 0 aromatic heterocycles. The van der Waals surface area contributed by atoms with Gasteiger partial charge in [0.1, 0.15) is 6.04 Å². The fourth-order valence-corrected chi connectivity index (χ4v) is 4.98. The van der Waals surface area contributed by atoms with Crippen molar-refractivity contribution in [2.24, 2.45) is 5.92 Å². The Morgan fingerprint density at radius 1 is 1.00 bits per heavy atom. The van der Waals surface area contributed by atoms with Crippen LogP contribution in [0.25, 0.3) is 0 Å². The van der Waals surface area contributed by atoms with E-state index in [0.29, 0.717) is 25.4 Å². The van der Waals surface area contributed by atoms with E-state index >= 15 is 0 Å². The number of rotatable bonds is 6. The molecule has 0 saturated carbocycles. The second-order valence-electron chi connectivity index (χ2n) is 9.68. The minimum absolute atomic E-state index is 0.0178. The number of nitrogens with one attached hydrogen (secondary N) is 1. The van der Waals surface area contributed by atoms with Crippen molar-refractivity contribution in [3.05, 3.63) is 71.3 Å². The number of carbonyl (C=O) groups excluding carboxylic acids is 2. The highest BCUT2D eigenvalue weighted by Gasteiger charge is 2.36. The zero-order valence-electron chi connectivity index (χ0n) is 19.5. The van der Waals surface area contributed by atoms with Crippen LogP contribution in [0.4, 0.5) is 0 Å². The van der Waals surface area contributed by atoms with Gasteiger partial charge in [-0.05, 0) is 36.0 Å². The van der Waals surface area contributed by atoms with Crippen LogP contribution in [0.15, 0.2) is 54.6 Å². The molecule has 2 aliphatic rings. The fourth-order valence-electron chi connectivity index (χ4n) is 4.98. The van der Waals surface area contributed by atoms with Gasteiger partial charge in [0.2, 0.25) is 11.8 Å². The summed E-state index contributed by atoms with van der Waals surface area (Å²) in [4.78, 5) is 30.6. The van der Waals surface area contributed by atoms with Gasteiger partial charge in [-0.2, -0.15) is 0 Å². The van der Waals surface area contributed by atoms with Crippen LogP contribution in [0.2, 0.25) is 0 Å². The van der Waals surface area contributed by atoms with Gasteiger partial charge in [0.25, 0.3) is 0 Å². The summed E-state index contributed by atoms with van der Waals surface area (Å²) < 4.78 is 0. The number of carbonyl (C=O) groups is 2. The maximum Gasteiger partial charge on any atom is 0.243 e. The van der Waals surface area contributed by atoms with Crippen molar-refractivity contribution in [3.63, 3.8) is 0 Å². The minimum atomic E-state index is -0.434. The molecule has 2 aromatic carbocycles. The Labute approximate surface area is 191 Å². The molecule has 2 heterocycles. The largest absolute Gasteiger partial charge is 0.350 e. The number of hydrogen-bond acceptors (Lipinski definition) is 3. The quantitative estimate of drug-likeness (QED) is 0.751. The summed E-state index contributed by atoms with van der Waals surface area (Å²) in [6.45, 7) is 8.64. The van der Waals surface area contributed by atoms with Crippen LogP contribution in [0.1, 0.15) is 56.3 Å². The van der Waals surface area contributed by atoms with E-state index in [1.54, 1.807) is 4.90 Å². The van der Waals surface area contributed by atoms with Crippen molar-refractivity contribution in [1.29, 1.82) is 0 Å². The second kappa shape index (κ2) is 9.86. The molecule has 170 valence electrons. The van der Waals surface area contributed by atoms with Crippen LogP contribution in [-0.4, -0.2) is 46.8 Å². The van der Waals surface area contributed by atoms with Crippen LogP contribution in [0.3, 0.4) is 0 Å². The van der Waals surface area contributed by atoms with E-state index in [2.05, 4.69) is 53.5 Å². The normalized spacial score (nSPS) is 21.9. The third-order valence-electron chi connectivity index (χ3n) is 6.85. The SMILES string of the molecule is CC(C)CC(=O)N1Cc2ccccc2CC1C(=O)NC1CCN(C(C)c2ccccc2)C1. The zero-order chi connectivity index (χ0) is 22.7. The van der Waals surface area contributed by atoms with Gasteiger partial charge in [0.15, 0.2) is 0 Å². The van der Waals surface area contributed by atoms with Crippen molar-refractivity contribution in [2.45, 2.75) is 64.7 Å². The Hall–Kier alpha value is -2.66. The van der Waals surface area contributed by atoms with Gasteiger partial charge in [-0.1, -0.05) is 68.4 Å². The molecule has 3 atom stereocenters. The van der Waals surface area contributed by atoms with Gasteiger partial charge in [-0.3, -0.25) is 14.5 Å². The zero-order valence-corrected chi connectivity index (χ0v) is 19.5. The van der Waals surface area contributed by atoms with Crippen molar-refractivity contribution in [2.75, 3.05) is 13.1 Å². The molecule has 0 spiro atoms. The molecular weight excluding hydrogens is 398 g/mol. The number of hydrogen-bond donors (Lipinski definition) is 1. The van der Waals surface area contributed by atoms with Crippen LogP contribution in [-0.2, 0) is 22.6 Å². The maximum absolute atomic E-state index is 13.4. The first-order valence-corrected chi connectivity index (χ1v) is 11.9. The first-order chi connectivity index (χ1) is 15.4. The van der Waals surface area contributed by atoms with E-state index in [-0.39, 0.29) is 23.8 Å². The lowest BCUT2D eigenvalue weighted by Gasteiger charge is -2.37. The average molecular weight is 434 g/mol. The smallest absolute Gasteiger partial charge is 0.243 e. The number of benzene rings is 2. The molecule has 2 aromatic rings. The predicted molar refractivity (Wildman–Crippen MR) is 127 cm³/mol. The summed E-state index contributed by atoms with van der Waals surface area (Å²) in [5, 5.41) is 3.28. The fraction of sp³-hybridized carbons (Fsp3) is 0.481. The average Bonchev–Trinajstić information content (AvgIpc) is 3.26. The van der Waals surface area contributed by atoms with E-state index in [1.807, 2.05) is 32.0 Å². The molecule has 5 nitrogen and oxygen atoms in total. The molecule has 0 aliphatic carbocycles. The Bertz CT molecular complexity index is 943. The molecule has 2 amide bonds. The van der Waals surface area contributed by atoms with Gasteiger partial charge >= 0.3 is 0 Å². The van der Waals surface area contributed by atoms with Gasteiger partial charge in [0.05, 0.1) is 0 Å². The molecule has 3 unspecified atom stereocenters. The highest BCUT2D eigenvalue weighted by Crippen LogP contribution is 2.27. The Morgan fingerprint density at radius 2 is 1.69 bits per heavy atom. The lowest BCUT2D eigenvalue weighted by molar-refractivity contribution is -0.142. The minimum Gasteiger partial charge on any atom is -0.350 e. The van der Waals surface area contributed by atoms with Gasteiger partial charge in [-0.15, -0.1) is 0 Å². The molecule has 32 heavy (non-hydrogen) atoms. The predicted octanol–water partition coefficient (Wildman–Crippen LogP) is 3.94. The molecule has 1 fully saturated rings. The summed E-state index contributed by atoms with van der Waals surface area (Å²) in [7, 11) is 0. The monoisotopic (exact) mass is 433 g/mol. The standard InChI is InChI=1S/C27H35N3O2/c1-19(2)15-26(31)30-17-23-12-8-7-11-22(23)16-25(30)27(32)28-24-13-14-29(18-24)20(3)21-9-5-4-6-10-21/h4-12,19-20,24-25H,13-18H2,1-3H3,(H,28,32). The third kappa shape index (κ3) is 5.04. The van der Waals surface area contributed by atoms with Crippen LogP contribution >= 0.6 is 0 Å². The van der Waals surface area contributed by atoms with Crippen LogP contribution in [0.5, 0.6) is 0 Å². The highest BCUT2D eigenvalue weighted by atomic mass is 16.2. The van der Waals surface area contributed by atoms with E-state index < -0.39 is 6.04 Å². The first-order valence-electron chi connectivity index (χ1n) is 11.9. The molecular formula is C27H35N3O2. The van der Waals surface area contributed by atoms with Crippen molar-refractivity contribution >= 4 is 11.8 Å². The first kappa shape index (κ1) is 22.5. The number of likely N-dealkylation sites (tertiary alicyclic amines) is 1. The molecule has 0 radical (unpaired) electrons. The van der Waals surface area contributed by atoms with E-state index in [1.165, 1.54) is 11.1 Å². The Morgan fingerprint density at radius 3 is 2.41 bits per heavy atom. The number of fused-ring (bicyclic) bond motifs is 1. The van der Waals surface area contributed by atoms with Gasteiger partial charge < -0.3 is 10.2 Å². The van der Waals surface area contributed by atoms with Crippen molar-refractivity contribution in [3.8, 4) is 0 Å². The summed E-state index contributed by atoms with van der Waals surface area (Å²) in [5.74, 6) is 0.322. The Balaban J connectivity index is 1.43. The summed E-state index contributed by atoms with van der Waals surface area (Å²) in [6.07, 6.45) is 1.99. The van der Waals surface area contributed by atoms with Gasteiger partial charge in [-0.25, -0.2) is 0 Å². The lowest BCUT2D eigenvalue weighted by Crippen LogP contribution is -2.54. The lowest BCUT2D eigenvalue weighted by atomic mass is 9.92. The topological polar surface area (TPSA) is 52.7 Å². The second-order valence-corrected chi connectivity index (χ2v) is 9.68. The van der Waals surface area contributed by atoms with E-state index in [0.717, 1.165) is 25.1 Å². The molecule has 4 rings (SSSR count). The molecule has 0 bridgehead atoms. The number of amides is 2. The summed E-state index contributed by atoms with van der Waals surface area (Å²) in [6, 6.07) is 18.7.